The maximum atomic E-state index is 12.0. The molecule has 0 aromatic rings. The van der Waals surface area contributed by atoms with E-state index in [0.717, 1.165) is 0 Å². The highest BCUT2D eigenvalue weighted by molar-refractivity contribution is 7.81. The van der Waals surface area contributed by atoms with E-state index in [4.69, 9.17) is 10.5 Å². The van der Waals surface area contributed by atoms with Crippen LogP contribution in [0.4, 0.5) is 0 Å². The Morgan fingerprint density at radius 1 is 1.43 bits per heavy atom. The van der Waals surface area contributed by atoms with Crippen molar-refractivity contribution in [3.8, 4) is 0 Å². The van der Waals surface area contributed by atoms with Gasteiger partial charge in [-0.25, -0.2) is 4.79 Å². The van der Waals surface area contributed by atoms with Crippen molar-refractivity contribution in [3.05, 3.63) is 0 Å². The smallest absolute Gasteiger partial charge is 0.329 e. The first-order valence-corrected chi connectivity index (χ1v) is 7.20. The monoisotopic (exact) mass is 320 g/mol. The molecule has 122 valence electrons. The molecular weight excluding hydrogens is 296 g/mol. The average Bonchev–Trinajstić information content (AvgIpc) is 2.37. The van der Waals surface area contributed by atoms with Crippen LogP contribution in [0.1, 0.15) is 34.1 Å². The predicted molar refractivity (Wildman–Crippen MR) is 81.0 cm³/mol. The summed E-state index contributed by atoms with van der Waals surface area (Å²) in [5, 5.41) is 11.5. The number of aliphatic carboxylic acids is 1. The number of rotatable bonds is 8. The molecule has 0 aliphatic heterocycles. The van der Waals surface area contributed by atoms with E-state index in [1.807, 2.05) is 0 Å². The molecule has 0 aliphatic carbocycles. The van der Waals surface area contributed by atoms with Crippen molar-refractivity contribution >= 4 is 30.5 Å². The fraction of sp³-hybridized carbons (Fsp3) is 0.769. The first-order chi connectivity index (χ1) is 9.56. The van der Waals surface area contributed by atoms with Gasteiger partial charge in [-0.2, -0.15) is 12.6 Å². The van der Waals surface area contributed by atoms with Crippen LogP contribution in [0, 0.1) is 5.92 Å². The summed E-state index contributed by atoms with van der Waals surface area (Å²) < 4.78 is 4.88. The largest absolute Gasteiger partial charge is 0.480 e. The Balaban J connectivity index is 5.17. The zero-order valence-electron chi connectivity index (χ0n) is 12.8. The van der Waals surface area contributed by atoms with E-state index in [9.17, 15) is 19.5 Å². The summed E-state index contributed by atoms with van der Waals surface area (Å²) in [5.41, 5.74) is 4.08. The summed E-state index contributed by atoms with van der Waals surface area (Å²) in [5.74, 6) is -2.91. The number of nitrogens with one attached hydrogen (secondary N) is 1. The van der Waals surface area contributed by atoms with Crippen molar-refractivity contribution in [3.63, 3.8) is 0 Å². The van der Waals surface area contributed by atoms with Gasteiger partial charge in [-0.05, 0) is 13.3 Å². The average molecular weight is 320 g/mol. The number of ether oxygens (including phenoxy) is 1. The fourth-order valence-corrected chi connectivity index (χ4v) is 1.93. The second-order valence-corrected chi connectivity index (χ2v) is 5.99. The van der Waals surface area contributed by atoms with E-state index < -0.39 is 40.6 Å². The molecule has 4 N–H and O–H groups in total. The number of esters is 1. The molecule has 0 saturated heterocycles. The first kappa shape index (κ1) is 19.7. The molecule has 4 atom stereocenters. The lowest BCUT2D eigenvalue weighted by molar-refractivity contribution is -0.154. The maximum absolute atomic E-state index is 12.0. The van der Waals surface area contributed by atoms with Crippen LogP contribution in [0.3, 0.4) is 0 Å². The summed E-state index contributed by atoms with van der Waals surface area (Å²) in [6.07, 6.45) is 0.405. The first-order valence-electron chi connectivity index (χ1n) is 6.68. The molecule has 0 aromatic carbocycles. The summed E-state index contributed by atoms with van der Waals surface area (Å²) >= 11 is 4.07. The summed E-state index contributed by atoms with van der Waals surface area (Å²) in [4.78, 5) is 34.5. The number of amides is 1. The molecule has 4 unspecified atom stereocenters. The Morgan fingerprint density at radius 3 is 2.29 bits per heavy atom. The van der Waals surface area contributed by atoms with Crippen LogP contribution in [-0.4, -0.2) is 46.4 Å². The van der Waals surface area contributed by atoms with E-state index >= 15 is 0 Å². The minimum Gasteiger partial charge on any atom is -0.480 e. The molecule has 0 aliphatic rings. The molecule has 21 heavy (non-hydrogen) atoms. The highest BCUT2D eigenvalue weighted by atomic mass is 32.1. The molecule has 8 heteroatoms. The summed E-state index contributed by atoms with van der Waals surface area (Å²) in [6, 6.07) is -0.932. The number of nitrogens with two attached hydrogens (primary N) is 1. The molecular formula is C13H24N2O5S. The lowest BCUT2D eigenvalue weighted by atomic mass is 9.83. The topological polar surface area (TPSA) is 119 Å². The molecule has 0 heterocycles. The highest BCUT2D eigenvalue weighted by Crippen LogP contribution is 2.22. The van der Waals surface area contributed by atoms with Gasteiger partial charge in [0.1, 0.15) is 5.54 Å². The van der Waals surface area contributed by atoms with Gasteiger partial charge in [-0.3, -0.25) is 9.59 Å². The van der Waals surface area contributed by atoms with Crippen LogP contribution >= 0.6 is 12.6 Å². The number of thiol groups is 1. The number of carboxylic acids is 1. The van der Waals surface area contributed by atoms with Gasteiger partial charge < -0.3 is 20.9 Å². The van der Waals surface area contributed by atoms with E-state index in [0.29, 0.717) is 6.42 Å². The van der Waals surface area contributed by atoms with E-state index in [2.05, 4.69) is 17.9 Å². The molecule has 1 amide bonds. The van der Waals surface area contributed by atoms with Crippen LogP contribution in [0.15, 0.2) is 0 Å². The zero-order chi connectivity index (χ0) is 16.8. The lowest BCUT2D eigenvalue weighted by Gasteiger charge is -2.35. The Hall–Kier alpha value is -1.28. The Kier molecular flexibility index (Phi) is 7.73. The van der Waals surface area contributed by atoms with Gasteiger partial charge in [-0.1, -0.05) is 13.8 Å². The molecule has 0 radical (unpaired) electrons. The Labute approximate surface area is 130 Å². The Bertz CT molecular complexity index is 402. The summed E-state index contributed by atoms with van der Waals surface area (Å²) in [6.45, 7) is 5.91. The third-order valence-corrected chi connectivity index (χ3v) is 3.77. The standard InChI is InChI=1S/C13H24N2O5S/c1-5-9(6-20-8(3)16)13(4,12(18)19)15-11(17)10(14)7(2)21/h7,9-10,21H,5-6,14H2,1-4H3,(H,15,17)(H,18,19). The zero-order valence-corrected chi connectivity index (χ0v) is 13.6. The van der Waals surface area contributed by atoms with Gasteiger partial charge in [0.05, 0.1) is 12.6 Å². The van der Waals surface area contributed by atoms with Gasteiger partial charge in [0.2, 0.25) is 5.91 Å². The molecule has 0 fully saturated rings. The predicted octanol–water partition coefficient (Wildman–Crippen LogP) is 0.181. The van der Waals surface area contributed by atoms with E-state index in [1.54, 1.807) is 13.8 Å². The number of carboxylic acid groups (broad SMARTS) is 1. The fourth-order valence-electron chi connectivity index (χ4n) is 1.80. The molecule has 0 spiro atoms. The lowest BCUT2D eigenvalue weighted by Crippen LogP contribution is -2.62. The van der Waals surface area contributed by atoms with Crippen LogP contribution in [0.5, 0.6) is 0 Å². The number of carbonyl (C=O) groups excluding carboxylic acids is 2. The van der Waals surface area contributed by atoms with Crippen LogP contribution < -0.4 is 11.1 Å². The van der Waals surface area contributed by atoms with Crippen LogP contribution in [-0.2, 0) is 19.1 Å². The molecule has 0 rings (SSSR count). The van der Waals surface area contributed by atoms with Gasteiger partial charge in [0, 0.05) is 18.1 Å². The van der Waals surface area contributed by atoms with E-state index in [-0.39, 0.29) is 6.61 Å². The van der Waals surface area contributed by atoms with Crippen molar-refractivity contribution in [1.82, 2.24) is 5.32 Å². The Morgan fingerprint density at radius 2 is 1.95 bits per heavy atom. The second-order valence-electron chi connectivity index (χ2n) is 5.17. The second kappa shape index (κ2) is 8.23. The van der Waals surface area contributed by atoms with Gasteiger partial charge >= 0.3 is 11.9 Å². The van der Waals surface area contributed by atoms with Gasteiger partial charge in [0.15, 0.2) is 0 Å². The summed E-state index contributed by atoms with van der Waals surface area (Å²) in [7, 11) is 0. The minimum atomic E-state index is -1.58. The molecule has 7 nitrogen and oxygen atoms in total. The maximum Gasteiger partial charge on any atom is 0.329 e. The van der Waals surface area contributed by atoms with E-state index in [1.165, 1.54) is 13.8 Å². The van der Waals surface area contributed by atoms with Crippen molar-refractivity contribution in [2.24, 2.45) is 11.7 Å². The molecule has 0 bridgehead atoms. The van der Waals surface area contributed by atoms with Crippen molar-refractivity contribution in [1.29, 1.82) is 0 Å². The van der Waals surface area contributed by atoms with Crippen molar-refractivity contribution in [2.45, 2.75) is 50.9 Å². The normalized spacial score (nSPS) is 18.0. The quantitative estimate of drug-likeness (QED) is 0.374. The third kappa shape index (κ3) is 5.55. The number of hydrogen-bond donors (Lipinski definition) is 4. The SMILES string of the molecule is CCC(COC(C)=O)C(C)(NC(=O)C(N)C(C)S)C(=O)O. The van der Waals surface area contributed by atoms with Gasteiger partial charge in [0.25, 0.3) is 0 Å². The van der Waals surface area contributed by atoms with Gasteiger partial charge in [-0.15, -0.1) is 0 Å². The third-order valence-electron chi connectivity index (χ3n) is 3.45. The number of hydrogen-bond acceptors (Lipinski definition) is 6. The van der Waals surface area contributed by atoms with Crippen molar-refractivity contribution < 1.29 is 24.2 Å². The minimum absolute atomic E-state index is 0.0966. The van der Waals surface area contributed by atoms with Crippen LogP contribution in [0.25, 0.3) is 0 Å². The molecule has 0 saturated carbocycles. The number of carbonyl (C=O) groups is 3. The molecule has 0 aromatic heterocycles. The van der Waals surface area contributed by atoms with Crippen molar-refractivity contribution in [2.75, 3.05) is 6.61 Å². The van der Waals surface area contributed by atoms with Crippen LogP contribution in [0.2, 0.25) is 0 Å². The highest BCUT2D eigenvalue weighted by Gasteiger charge is 2.43.